The van der Waals surface area contributed by atoms with Crippen molar-refractivity contribution in [3.63, 3.8) is 0 Å². The molecule has 0 aliphatic rings. The lowest BCUT2D eigenvalue weighted by Gasteiger charge is -2.08. The van der Waals surface area contributed by atoms with E-state index in [1.54, 1.807) is 13.0 Å². The molecule has 1 unspecified atom stereocenters. The lowest BCUT2D eigenvalue weighted by molar-refractivity contribution is 0.181. The normalized spacial score (nSPS) is 12.7. The van der Waals surface area contributed by atoms with Crippen molar-refractivity contribution in [1.29, 1.82) is 0 Å². The summed E-state index contributed by atoms with van der Waals surface area (Å²) in [5.74, 6) is 0.311. The minimum atomic E-state index is -0.235. The van der Waals surface area contributed by atoms with Crippen molar-refractivity contribution in [3.05, 3.63) is 28.2 Å². The molecule has 0 heterocycles. The van der Waals surface area contributed by atoms with Gasteiger partial charge in [-0.25, -0.2) is 0 Å². The average molecular weight is 288 g/mol. The highest BCUT2D eigenvalue weighted by Crippen LogP contribution is 2.21. The maximum absolute atomic E-state index is 9.58. The van der Waals surface area contributed by atoms with Gasteiger partial charge in [-0.1, -0.05) is 15.9 Å². The highest BCUT2D eigenvalue weighted by Gasteiger charge is 2.01. The Balaban J connectivity index is 2.29. The van der Waals surface area contributed by atoms with E-state index in [1.165, 1.54) is 0 Å². The topological polar surface area (TPSA) is 52.5 Å². The zero-order valence-electron chi connectivity index (χ0n) is 9.41. The SMILES string of the molecule is CC(O)CCCNCc1cc(Br)ccc1O. The van der Waals surface area contributed by atoms with Crippen LogP contribution in [0.5, 0.6) is 5.75 Å². The van der Waals surface area contributed by atoms with Crippen LogP contribution in [0.25, 0.3) is 0 Å². The van der Waals surface area contributed by atoms with Gasteiger partial charge in [0.15, 0.2) is 0 Å². The third-order valence-electron chi connectivity index (χ3n) is 2.33. The molecule has 4 heteroatoms. The third-order valence-corrected chi connectivity index (χ3v) is 2.83. The molecular formula is C12H18BrNO2. The molecule has 0 aliphatic heterocycles. The number of aromatic hydroxyl groups is 1. The third kappa shape index (κ3) is 4.96. The van der Waals surface area contributed by atoms with E-state index in [2.05, 4.69) is 21.2 Å². The van der Waals surface area contributed by atoms with Gasteiger partial charge in [0.1, 0.15) is 5.75 Å². The van der Waals surface area contributed by atoms with Gasteiger partial charge in [0.25, 0.3) is 0 Å². The van der Waals surface area contributed by atoms with Crippen LogP contribution in [0.1, 0.15) is 25.3 Å². The first-order valence-electron chi connectivity index (χ1n) is 5.46. The molecule has 0 spiro atoms. The molecule has 0 fully saturated rings. The van der Waals surface area contributed by atoms with Crippen LogP contribution in [0.2, 0.25) is 0 Å². The van der Waals surface area contributed by atoms with Crippen LogP contribution in [-0.2, 0) is 6.54 Å². The van der Waals surface area contributed by atoms with Gasteiger partial charge >= 0.3 is 0 Å². The summed E-state index contributed by atoms with van der Waals surface area (Å²) < 4.78 is 0.964. The summed E-state index contributed by atoms with van der Waals surface area (Å²) in [7, 11) is 0. The number of rotatable bonds is 6. The van der Waals surface area contributed by atoms with Crippen molar-refractivity contribution in [2.75, 3.05) is 6.54 Å². The minimum absolute atomic E-state index is 0.235. The maximum atomic E-state index is 9.58. The van der Waals surface area contributed by atoms with Crippen molar-refractivity contribution in [2.24, 2.45) is 0 Å². The summed E-state index contributed by atoms with van der Waals surface area (Å²) in [6, 6.07) is 5.39. The summed E-state index contributed by atoms with van der Waals surface area (Å²) in [5, 5.41) is 21.9. The van der Waals surface area contributed by atoms with Gasteiger partial charge < -0.3 is 15.5 Å². The fourth-order valence-electron chi connectivity index (χ4n) is 1.44. The molecule has 0 bridgehead atoms. The average Bonchev–Trinajstić information content (AvgIpc) is 2.22. The van der Waals surface area contributed by atoms with Crippen LogP contribution in [-0.4, -0.2) is 22.9 Å². The van der Waals surface area contributed by atoms with Gasteiger partial charge in [-0.05, 0) is 44.5 Å². The Bertz CT molecular complexity index is 329. The molecule has 1 aromatic carbocycles. The number of nitrogens with one attached hydrogen (secondary N) is 1. The van der Waals surface area contributed by atoms with Crippen LogP contribution >= 0.6 is 15.9 Å². The number of hydrogen-bond donors (Lipinski definition) is 3. The molecule has 1 atom stereocenters. The Morgan fingerprint density at radius 1 is 1.44 bits per heavy atom. The Morgan fingerprint density at radius 2 is 2.19 bits per heavy atom. The summed E-state index contributed by atoms with van der Waals surface area (Å²) in [6.45, 7) is 3.28. The maximum Gasteiger partial charge on any atom is 0.120 e. The summed E-state index contributed by atoms with van der Waals surface area (Å²) in [5.41, 5.74) is 0.881. The van der Waals surface area contributed by atoms with E-state index in [4.69, 9.17) is 5.11 Å². The molecule has 0 radical (unpaired) electrons. The van der Waals surface area contributed by atoms with Crippen LogP contribution in [0.4, 0.5) is 0 Å². The quantitative estimate of drug-likeness (QED) is 0.705. The monoisotopic (exact) mass is 287 g/mol. The number of phenols is 1. The van der Waals surface area contributed by atoms with Gasteiger partial charge in [-0.3, -0.25) is 0 Å². The highest BCUT2D eigenvalue weighted by molar-refractivity contribution is 9.10. The number of aliphatic hydroxyl groups excluding tert-OH is 1. The smallest absolute Gasteiger partial charge is 0.120 e. The lowest BCUT2D eigenvalue weighted by Crippen LogP contribution is -2.16. The Kier molecular flexibility index (Phi) is 5.80. The second kappa shape index (κ2) is 6.89. The lowest BCUT2D eigenvalue weighted by atomic mass is 10.2. The zero-order chi connectivity index (χ0) is 12.0. The highest BCUT2D eigenvalue weighted by atomic mass is 79.9. The first-order chi connectivity index (χ1) is 7.59. The van der Waals surface area contributed by atoms with Crippen molar-refractivity contribution in [3.8, 4) is 5.75 Å². The number of aliphatic hydroxyl groups is 1. The van der Waals surface area contributed by atoms with E-state index in [1.807, 2.05) is 12.1 Å². The Hall–Kier alpha value is -0.580. The molecule has 0 aliphatic carbocycles. The minimum Gasteiger partial charge on any atom is -0.508 e. The summed E-state index contributed by atoms with van der Waals surface area (Å²) in [6.07, 6.45) is 1.50. The van der Waals surface area contributed by atoms with E-state index in [0.29, 0.717) is 12.3 Å². The van der Waals surface area contributed by atoms with Crippen LogP contribution in [0.3, 0.4) is 0 Å². The Morgan fingerprint density at radius 3 is 2.88 bits per heavy atom. The standard InChI is InChI=1S/C12H18BrNO2/c1-9(15)3-2-6-14-8-10-7-11(13)4-5-12(10)16/h4-5,7,9,14-16H,2-3,6,8H2,1H3. The number of phenolic OH excluding ortho intramolecular Hbond substituents is 1. The number of hydrogen-bond acceptors (Lipinski definition) is 3. The van der Waals surface area contributed by atoms with E-state index in [9.17, 15) is 5.11 Å². The molecule has 16 heavy (non-hydrogen) atoms. The van der Waals surface area contributed by atoms with E-state index >= 15 is 0 Å². The molecule has 0 amide bonds. The molecule has 1 rings (SSSR count). The van der Waals surface area contributed by atoms with Crippen molar-refractivity contribution in [2.45, 2.75) is 32.4 Å². The van der Waals surface area contributed by atoms with Gasteiger partial charge in [-0.15, -0.1) is 0 Å². The second-order valence-corrected chi connectivity index (χ2v) is 4.86. The van der Waals surface area contributed by atoms with Gasteiger partial charge in [-0.2, -0.15) is 0 Å². The van der Waals surface area contributed by atoms with Crippen LogP contribution in [0.15, 0.2) is 22.7 Å². The summed E-state index contributed by atoms with van der Waals surface area (Å²) >= 11 is 3.37. The molecule has 3 N–H and O–H groups in total. The van der Waals surface area contributed by atoms with Gasteiger partial charge in [0, 0.05) is 16.6 Å². The van der Waals surface area contributed by atoms with Gasteiger partial charge in [0.2, 0.25) is 0 Å². The molecule has 0 saturated carbocycles. The van der Waals surface area contributed by atoms with E-state index < -0.39 is 0 Å². The molecule has 1 aromatic rings. The second-order valence-electron chi connectivity index (χ2n) is 3.94. The molecule has 3 nitrogen and oxygen atoms in total. The van der Waals surface area contributed by atoms with Crippen molar-refractivity contribution in [1.82, 2.24) is 5.32 Å². The van der Waals surface area contributed by atoms with Crippen molar-refractivity contribution >= 4 is 15.9 Å². The predicted octanol–water partition coefficient (Wildman–Crippen LogP) is 2.41. The van der Waals surface area contributed by atoms with E-state index in [-0.39, 0.29) is 6.10 Å². The zero-order valence-corrected chi connectivity index (χ0v) is 11.0. The molecule has 90 valence electrons. The molecule has 0 aromatic heterocycles. The first-order valence-corrected chi connectivity index (χ1v) is 6.25. The Labute approximate surface area is 105 Å². The first kappa shape index (κ1) is 13.5. The fraction of sp³-hybridized carbons (Fsp3) is 0.500. The largest absolute Gasteiger partial charge is 0.508 e. The van der Waals surface area contributed by atoms with E-state index in [0.717, 1.165) is 29.4 Å². The molecule has 0 saturated heterocycles. The summed E-state index contributed by atoms with van der Waals surface area (Å²) in [4.78, 5) is 0. The van der Waals surface area contributed by atoms with Crippen LogP contribution in [0, 0.1) is 0 Å². The van der Waals surface area contributed by atoms with Crippen molar-refractivity contribution < 1.29 is 10.2 Å². The van der Waals surface area contributed by atoms with Crippen LogP contribution < -0.4 is 5.32 Å². The predicted molar refractivity (Wildman–Crippen MR) is 68.4 cm³/mol. The number of benzene rings is 1. The van der Waals surface area contributed by atoms with Gasteiger partial charge in [0.05, 0.1) is 6.10 Å². The number of halogens is 1. The molecular weight excluding hydrogens is 270 g/mol. The fourth-order valence-corrected chi connectivity index (χ4v) is 1.85.